The molecule has 0 aliphatic carbocycles. The number of nitrogens with one attached hydrogen (secondary N) is 1. The Balaban J connectivity index is 2.10. The zero-order valence-corrected chi connectivity index (χ0v) is 13.2. The number of hydrogen-bond donors (Lipinski definition) is 1. The second-order valence-electron chi connectivity index (χ2n) is 5.17. The molecule has 2 rings (SSSR count). The second kappa shape index (κ2) is 5.58. The Kier molecular flexibility index (Phi) is 4.25. The summed E-state index contributed by atoms with van der Waals surface area (Å²) in [6, 6.07) is 7.51. The number of carbonyl (C=O) groups is 2. The van der Waals surface area contributed by atoms with Gasteiger partial charge in [-0.15, -0.1) is 0 Å². The van der Waals surface area contributed by atoms with Gasteiger partial charge >= 0.3 is 0 Å². The molecule has 1 aliphatic rings. The molecule has 1 aromatic carbocycles. The molecule has 1 aliphatic heterocycles. The standard InChI is InChI=1S/C14H17IN2O2/c1-14(2)13(19)16-7-8-17(14)9-12(18)10-3-5-11(15)6-4-10/h3-6H,7-9H2,1-2H3,(H,16,19). The van der Waals surface area contributed by atoms with Crippen molar-refractivity contribution < 1.29 is 9.59 Å². The predicted octanol–water partition coefficient (Wildman–Crippen LogP) is 1.68. The smallest absolute Gasteiger partial charge is 0.240 e. The van der Waals surface area contributed by atoms with Crippen LogP contribution in [-0.2, 0) is 4.79 Å². The first kappa shape index (κ1) is 14.5. The van der Waals surface area contributed by atoms with E-state index in [1.807, 2.05) is 43.0 Å². The van der Waals surface area contributed by atoms with Gasteiger partial charge in [0.1, 0.15) is 0 Å². The maximum Gasteiger partial charge on any atom is 0.240 e. The topological polar surface area (TPSA) is 49.4 Å². The molecule has 1 heterocycles. The van der Waals surface area contributed by atoms with Gasteiger partial charge in [0.15, 0.2) is 5.78 Å². The molecule has 5 heteroatoms. The van der Waals surface area contributed by atoms with Crippen molar-refractivity contribution in [1.82, 2.24) is 10.2 Å². The highest BCUT2D eigenvalue weighted by Gasteiger charge is 2.38. The lowest BCUT2D eigenvalue weighted by atomic mass is 9.98. The SMILES string of the molecule is CC1(C)C(=O)NCCN1CC(=O)c1ccc(I)cc1. The average molecular weight is 372 g/mol. The van der Waals surface area contributed by atoms with Crippen molar-refractivity contribution in [3.05, 3.63) is 33.4 Å². The fourth-order valence-electron chi connectivity index (χ4n) is 2.12. The summed E-state index contributed by atoms with van der Waals surface area (Å²) >= 11 is 2.21. The third-order valence-corrected chi connectivity index (χ3v) is 4.23. The number of ketones is 1. The number of amides is 1. The molecule has 0 saturated carbocycles. The van der Waals surface area contributed by atoms with Crippen molar-refractivity contribution in [2.24, 2.45) is 0 Å². The number of halogens is 1. The minimum absolute atomic E-state index is 0.0193. The van der Waals surface area contributed by atoms with E-state index in [9.17, 15) is 9.59 Å². The molecule has 0 radical (unpaired) electrons. The molecule has 1 fully saturated rings. The molecule has 1 saturated heterocycles. The summed E-state index contributed by atoms with van der Waals surface area (Å²) in [7, 11) is 0. The number of hydrogen-bond acceptors (Lipinski definition) is 3. The van der Waals surface area contributed by atoms with E-state index in [1.165, 1.54) is 0 Å². The van der Waals surface area contributed by atoms with Gasteiger partial charge in [0.25, 0.3) is 0 Å². The summed E-state index contributed by atoms with van der Waals surface area (Å²) in [4.78, 5) is 26.0. The molecule has 19 heavy (non-hydrogen) atoms. The monoisotopic (exact) mass is 372 g/mol. The van der Waals surface area contributed by atoms with Gasteiger partial charge in [-0.2, -0.15) is 0 Å². The first-order valence-electron chi connectivity index (χ1n) is 6.23. The van der Waals surface area contributed by atoms with Crippen LogP contribution in [-0.4, -0.2) is 41.8 Å². The maximum absolute atomic E-state index is 12.2. The summed E-state index contributed by atoms with van der Waals surface area (Å²) in [5.41, 5.74) is 0.0686. The normalized spacial score (nSPS) is 19.0. The highest BCUT2D eigenvalue weighted by atomic mass is 127. The molecule has 0 aromatic heterocycles. The van der Waals surface area contributed by atoms with Crippen LogP contribution in [0, 0.1) is 3.57 Å². The largest absolute Gasteiger partial charge is 0.353 e. The summed E-state index contributed by atoms with van der Waals surface area (Å²) in [6.07, 6.45) is 0. The average Bonchev–Trinajstić information content (AvgIpc) is 2.36. The van der Waals surface area contributed by atoms with Gasteiger partial charge in [-0.1, -0.05) is 12.1 Å². The number of nitrogens with zero attached hydrogens (tertiary/aromatic N) is 1. The van der Waals surface area contributed by atoms with E-state index in [0.29, 0.717) is 18.7 Å². The zero-order valence-electron chi connectivity index (χ0n) is 11.1. The van der Waals surface area contributed by atoms with Gasteiger partial charge in [0.05, 0.1) is 12.1 Å². The third-order valence-electron chi connectivity index (χ3n) is 3.51. The van der Waals surface area contributed by atoms with E-state index in [4.69, 9.17) is 0 Å². The lowest BCUT2D eigenvalue weighted by Gasteiger charge is -2.40. The van der Waals surface area contributed by atoms with E-state index in [-0.39, 0.29) is 18.2 Å². The van der Waals surface area contributed by atoms with E-state index in [0.717, 1.165) is 3.57 Å². The van der Waals surface area contributed by atoms with Crippen LogP contribution >= 0.6 is 22.6 Å². The Morgan fingerprint density at radius 3 is 2.63 bits per heavy atom. The van der Waals surface area contributed by atoms with Gasteiger partial charge in [-0.05, 0) is 48.6 Å². The van der Waals surface area contributed by atoms with Gasteiger partial charge in [-0.25, -0.2) is 0 Å². The fourth-order valence-corrected chi connectivity index (χ4v) is 2.48. The Hall–Kier alpha value is -0.950. The summed E-state index contributed by atoms with van der Waals surface area (Å²) < 4.78 is 1.10. The molecule has 0 spiro atoms. The number of Topliss-reactive ketones (excluding diaryl/α,β-unsaturated/α-hetero) is 1. The van der Waals surface area contributed by atoms with Gasteiger partial charge < -0.3 is 5.32 Å². The molecule has 4 nitrogen and oxygen atoms in total. The Morgan fingerprint density at radius 2 is 2.00 bits per heavy atom. The molecular formula is C14H17IN2O2. The van der Waals surface area contributed by atoms with Crippen molar-refractivity contribution >= 4 is 34.3 Å². The Bertz CT molecular complexity index is 497. The highest BCUT2D eigenvalue weighted by molar-refractivity contribution is 14.1. The van der Waals surface area contributed by atoms with E-state index in [2.05, 4.69) is 27.9 Å². The van der Waals surface area contributed by atoms with Crippen LogP contribution in [0.25, 0.3) is 0 Å². The lowest BCUT2D eigenvalue weighted by molar-refractivity contribution is -0.134. The van der Waals surface area contributed by atoms with Crippen molar-refractivity contribution in [2.45, 2.75) is 19.4 Å². The van der Waals surface area contributed by atoms with Crippen molar-refractivity contribution in [1.29, 1.82) is 0 Å². The molecule has 0 atom stereocenters. The van der Waals surface area contributed by atoms with Crippen LogP contribution < -0.4 is 5.32 Å². The number of rotatable bonds is 3. The van der Waals surface area contributed by atoms with Crippen LogP contribution in [0.1, 0.15) is 24.2 Å². The first-order valence-corrected chi connectivity index (χ1v) is 7.31. The van der Waals surface area contributed by atoms with Crippen LogP contribution in [0.3, 0.4) is 0 Å². The van der Waals surface area contributed by atoms with Crippen LogP contribution in [0.4, 0.5) is 0 Å². The molecule has 102 valence electrons. The van der Waals surface area contributed by atoms with Crippen LogP contribution in [0.15, 0.2) is 24.3 Å². The Labute approximate surface area is 126 Å². The quantitative estimate of drug-likeness (QED) is 0.649. The number of piperazine rings is 1. The summed E-state index contributed by atoms with van der Waals surface area (Å²) in [5.74, 6) is 0.0355. The zero-order chi connectivity index (χ0) is 14.0. The van der Waals surface area contributed by atoms with E-state index >= 15 is 0 Å². The number of carbonyl (C=O) groups excluding carboxylic acids is 2. The second-order valence-corrected chi connectivity index (χ2v) is 6.41. The van der Waals surface area contributed by atoms with Gasteiger partial charge in [0, 0.05) is 22.2 Å². The Morgan fingerprint density at radius 1 is 1.37 bits per heavy atom. The molecular weight excluding hydrogens is 355 g/mol. The minimum atomic E-state index is -0.628. The molecule has 0 bridgehead atoms. The summed E-state index contributed by atoms with van der Waals surface area (Å²) in [6.45, 7) is 5.28. The van der Waals surface area contributed by atoms with Crippen molar-refractivity contribution in [2.75, 3.05) is 19.6 Å². The van der Waals surface area contributed by atoms with Crippen LogP contribution in [0.5, 0.6) is 0 Å². The first-order chi connectivity index (χ1) is 8.91. The molecule has 1 N–H and O–H groups in total. The molecule has 1 amide bonds. The van der Waals surface area contributed by atoms with Crippen molar-refractivity contribution in [3.8, 4) is 0 Å². The highest BCUT2D eigenvalue weighted by Crippen LogP contribution is 2.18. The van der Waals surface area contributed by atoms with Gasteiger partial charge in [0.2, 0.25) is 5.91 Å². The van der Waals surface area contributed by atoms with Gasteiger partial charge in [-0.3, -0.25) is 14.5 Å². The minimum Gasteiger partial charge on any atom is -0.353 e. The lowest BCUT2D eigenvalue weighted by Crippen LogP contribution is -2.62. The molecule has 0 unspecified atom stereocenters. The van der Waals surface area contributed by atoms with E-state index in [1.54, 1.807) is 0 Å². The van der Waals surface area contributed by atoms with Crippen molar-refractivity contribution in [3.63, 3.8) is 0 Å². The number of benzene rings is 1. The third kappa shape index (κ3) is 3.14. The summed E-state index contributed by atoms with van der Waals surface area (Å²) in [5, 5.41) is 2.83. The van der Waals surface area contributed by atoms with E-state index < -0.39 is 5.54 Å². The fraction of sp³-hybridized carbons (Fsp3) is 0.429. The maximum atomic E-state index is 12.2. The predicted molar refractivity (Wildman–Crippen MR) is 82.2 cm³/mol. The molecule has 1 aromatic rings. The van der Waals surface area contributed by atoms with Crippen LogP contribution in [0.2, 0.25) is 0 Å².